The molecule has 128 valence electrons. The minimum Gasteiger partial charge on any atom is -0.358 e. The number of rotatable bonds is 4. The average molecular weight is 561 g/mol. The van der Waals surface area contributed by atoms with Crippen LogP contribution in [0.5, 0.6) is 0 Å². The van der Waals surface area contributed by atoms with Crippen LogP contribution in [-0.2, 0) is 0 Å². The summed E-state index contributed by atoms with van der Waals surface area (Å²) >= 11 is 0. The first-order valence-corrected chi connectivity index (χ1v) is 8.42. The fourth-order valence-electron chi connectivity index (χ4n) is 1.38. The molecule has 1 aromatic carbocycles. The van der Waals surface area contributed by atoms with E-state index >= 15 is 0 Å². The summed E-state index contributed by atoms with van der Waals surface area (Å²) in [5.74, 6) is 0.704. The molecule has 1 aromatic rings. The van der Waals surface area contributed by atoms with E-state index < -0.39 is 0 Å². The molecule has 0 spiro atoms. The van der Waals surface area contributed by atoms with E-state index in [-0.39, 0.29) is 7.43 Å². The summed E-state index contributed by atoms with van der Waals surface area (Å²) < 4.78 is 0. The van der Waals surface area contributed by atoms with E-state index in [1.165, 1.54) is 30.4 Å². The Kier molecular flexibility index (Phi) is 20.1. The van der Waals surface area contributed by atoms with E-state index in [2.05, 4.69) is 72.7 Å². The van der Waals surface area contributed by atoms with Crippen LogP contribution in [0.2, 0.25) is 0 Å². The van der Waals surface area contributed by atoms with Gasteiger partial charge in [0.25, 0.3) is 0 Å². The summed E-state index contributed by atoms with van der Waals surface area (Å²) in [6, 6.07) is 8.82. The predicted octanol–water partition coefficient (Wildman–Crippen LogP) is 7.82. The van der Waals surface area contributed by atoms with Crippen LogP contribution in [0.15, 0.2) is 24.3 Å². The minimum atomic E-state index is 0. The van der Waals surface area contributed by atoms with Gasteiger partial charge >= 0.3 is 0 Å². The molecular formula is C21H41Rf-. The van der Waals surface area contributed by atoms with Crippen LogP contribution in [0.3, 0.4) is 0 Å². The summed E-state index contributed by atoms with van der Waals surface area (Å²) in [6.45, 7) is 19.7. The van der Waals surface area contributed by atoms with Crippen molar-refractivity contribution in [1.29, 1.82) is 0 Å². The molecule has 0 aliphatic carbocycles. The number of benzene rings is 1. The monoisotopic (exact) mass is 560 g/mol. The fraction of sp³-hybridized carbons (Fsp3) is 0.667. The van der Waals surface area contributed by atoms with Gasteiger partial charge in [0.2, 0.25) is 0 Å². The van der Waals surface area contributed by atoms with E-state index in [1.54, 1.807) is 0 Å². The predicted molar refractivity (Wildman–Crippen MR) is 102 cm³/mol. The summed E-state index contributed by atoms with van der Waals surface area (Å²) in [6.07, 6.45) is 3.82. The number of aryl methyl sites for hydroxylation is 1. The van der Waals surface area contributed by atoms with Crippen molar-refractivity contribution in [2.24, 2.45) is 5.41 Å². The van der Waals surface area contributed by atoms with Crippen LogP contribution < -0.4 is 0 Å². The normalized spacial score (nSPS) is 10.6. The molecule has 0 aromatic heterocycles. The third-order valence-corrected chi connectivity index (χ3v) is 4.17. The Morgan fingerprint density at radius 3 is 1.50 bits per heavy atom. The first-order chi connectivity index (χ1) is 9.36. The first-order valence-electron chi connectivity index (χ1n) is 8.42. The van der Waals surface area contributed by atoms with Gasteiger partial charge in [0.15, 0.2) is 0 Å². The maximum atomic E-state index is 2.30. The Morgan fingerprint density at radius 1 is 0.909 bits per heavy atom. The van der Waals surface area contributed by atoms with Gasteiger partial charge in [-0.25, -0.2) is 0 Å². The van der Waals surface area contributed by atoms with Gasteiger partial charge in [-0.1, -0.05) is 98.1 Å². The van der Waals surface area contributed by atoms with E-state index in [4.69, 9.17) is 0 Å². The second kappa shape index (κ2) is 15.6. The standard InChI is InChI=1S/C11H16.C7H16.C2H6.CH3.Rf/c1-4-10(3)11-7-5-9(2)6-8-11;1-5-7(3,4)6-2;1-2;;/h5-8,10H,4H2,1-3H3;5-6H2,1-4H3;1-2H3;1H3;/q;;;-1;. The van der Waals surface area contributed by atoms with Crippen LogP contribution in [-0.4, -0.2) is 0 Å². The summed E-state index contributed by atoms with van der Waals surface area (Å²) in [5, 5.41) is 0. The third kappa shape index (κ3) is 13.2. The minimum absolute atomic E-state index is 0. The van der Waals surface area contributed by atoms with Crippen molar-refractivity contribution >= 4 is 0 Å². The van der Waals surface area contributed by atoms with Crippen molar-refractivity contribution in [3.63, 3.8) is 0 Å². The van der Waals surface area contributed by atoms with Crippen LogP contribution in [0.25, 0.3) is 0 Å². The van der Waals surface area contributed by atoms with Crippen molar-refractivity contribution in [2.45, 2.75) is 87.5 Å². The average Bonchev–Trinajstić information content (AvgIpc) is 2.50. The number of hydrogen-bond acceptors (Lipinski definition) is 0. The molecule has 22 heavy (non-hydrogen) atoms. The molecule has 0 radical (unpaired) electrons. The van der Waals surface area contributed by atoms with Crippen molar-refractivity contribution in [1.82, 2.24) is 0 Å². The molecule has 0 heterocycles. The molecule has 0 bridgehead atoms. The Bertz CT molecular complexity index is 305. The Morgan fingerprint density at radius 2 is 1.27 bits per heavy atom. The van der Waals surface area contributed by atoms with Crippen molar-refractivity contribution < 1.29 is 0 Å². The summed E-state index contributed by atoms with van der Waals surface area (Å²) in [5.41, 5.74) is 3.38. The van der Waals surface area contributed by atoms with Crippen LogP contribution in [0.4, 0.5) is 0 Å². The van der Waals surface area contributed by atoms with Gasteiger partial charge in [-0.15, -0.1) is 0 Å². The van der Waals surface area contributed by atoms with Crippen LogP contribution >= 0.6 is 0 Å². The molecule has 1 heteroatoms. The van der Waals surface area contributed by atoms with Crippen LogP contribution in [0.1, 0.15) is 91.7 Å². The van der Waals surface area contributed by atoms with Gasteiger partial charge < -0.3 is 7.43 Å². The van der Waals surface area contributed by atoms with Crippen molar-refractivity contribution in [3.05, 3.63) is 42.8 Å². The Hall–Kier alpha value is -1.78. The summed E-state index contributed by atoms with van der Waals surface area (Å²) in [7, 11) is 0. The molecule has 1 atom stereocenters. The Labute approximate surface area is 136 Å². The van der Waals surface area contributed by atoms with Gasteiger partial charge in [0.1, 0.15) is 0 Å². The molecule has 0 N–H and O–H groups in total. The molecule has 0 fully saturated rings. The zero-order valence-corrected chi connectivity index (χ0v) is 23.6. The molecule has 1 unspecified atom stereocenters. The SMILES string of the molecule is CC.CCC(C)(C)CC.CCC(C)c1ccc(C)cc1.[CH3-].[Rf]. The molecule has 0 aliphatic rings. The largest absolute Gasteiger partial charge is 0.358 e. The van der Waals surface area contributed by atoms with Gasteiger partial charge in [0.05, 0.1) is 0 Å². The van der Waals surface area contributed by atoms with Gasteiger partial charge in [-0.2, -0.15) is 0 Å². The molecule has 0 saturated carbocycles. The van der Waals surface area contributed by atoms with E-state index in [0.717, 1.165) is 0 Å². The van der Waals surface area contributed by atoms with E-state index in [0.29, 0.717) is 11.3 Å². The van der Waals surface area contributed by atoms with Crippen molar-refractivity contribution in [3.8, 4) is 0 Å². The molecule has 1 rings (SSSR count). The first kappa shape index (κ1) is 28.4. The summed E-state index contributed by atoms with van der Waals surface area (Å²) in [4.78, 5) is 0. The maximum absolute atomic E-state index is 2.30. The smallest absolute Gasteiger partial charge is 0 e. The third-order valence-electron chi connectivity index (χ3n) is 4.17. The van der Waals surface area contributed by atoms with Gasteiger partial charge in [-0.3, -0.25) is 0 Å². The van der Waals surface area contributed by atoms with Crippen LogP contribution in [0, 0.1) is 19.8 Å². The van der Waals surface area contributed by atoms with E-state index in [1.807, 2.05) is 13.8 Å². The van der Waals surface area contributed by atoms with Crippen molar-refractivity contribution in [2.75, 3.05) is 0 Å². The molecule has 0 aliphatic heterocycles. The topological polar surface area (TPSA) is 0 Å². The zero-order chi connectivity index (χ0) is 16.2. The molecule has 0 nitrogen and oxygen atoms in total. The Balaban J connectivity index is -0.000000130. The second-order valence-corrected chi connectivity index (χ2v) is 6.09. The molecule has 0 saturated heterocycles. The molecule has 0 amide bonds. The molecular weight excluding hydrogens is 519 g/mol. The van der Waals surface area contributed by atoms with Gasteiger partial charge in [0, 0.05) is 0 Å². The second-order valence-electron chi connectivity index (χ2n) is 6.09. The van der Waals surface area contributed by atoms with E-state index in [9.17, 15) is 0 Å². The number of hydrogen-bond donors (Lipinski definition) is 0. The zero-order valence-electron chi connectivity index (χ0n) is 17.2. The quantitative estimate of drug-likeness (QED) is 0.330. The maximum Gasteiger partial charge on any atom is 0 e. The van der Waals surface area contributed by atoms with Gasteiger partial charge in [-0.05, 0) is 30.2 Å². The fourth-order valence-corrected chi connectivity index (χ4v) is 1.38.